The molecule has 5 nitrogen and oxygen atoms in total. The molecule has 1 fully saturated rings. The molecule has 1 aliphatic rings. The lowest BCUT2D eigenvalue weighted by Crippen LogP contribution is -2.43. The summed E-state index contributed by atoms with van der Waals surface area (Å²) < 4.78 is 5.42. The molecule has 0 radical (unpaired) electrons. The van der Waals surface area contributed by atoms with Crippen LogP contribution in [0, 0.1) is 12.8 Å². The number of hydrazine groups is 1. The molecule has 0 saturated heterocycles. The monoisotopic (exact) mass is 318 g/mol. The molecule has 0 unspecified atom stereocenters. The highest BCUT2D eigenvalue weighted by Crippen LogP contribution is 2.27. The van der Waals surface area contributed by atoms with E-state index in [1.54, 1.807) is 0 Å². The van der Waals surface area contributed by atoms with Crippen LogP contribution in [0.1, 0.15) is 50.5 Å². The predicted octanol–water partition coefficient (Wildman–Crippen LogP) is 2.88. The van der Waals surface area contributed by atoms with Crippen molar-refractivity contribution >= 4 is 11.8 Å². The molecule has 1 saturated carbocycles. The molecule has 1 aliphatic carbocycles. The van der Waals surface area contributed by atoms with Crippen molar-refractivity contribution in [3.05, 3.63) is 29.8 Å². The minimum Gasteiger partial charge on any atom is -0.483 e. The predicted molar refractivity (Wildman–Crippen MR) is 88.8 cm³/mol. The van der Waals surface area contributed by atoms with Crippen molar-refractivity contribution < 1.29 is 14.3 Å². The van der Waals surface area contributed by atoms with E-state index in [4.69, 9.17) is 4.74 Å². The van der Waals surface area contributed by atoms with E-state index in [1.165, 1.54) is 32.1 Å². The maximum atomic E-state index is 11.8. The van der Waals surface area contributed by atoms with E-state index in [0.717, 1.165) is 12.0 Å². The van der Waals surface area contributed by atoms with Gasteiger partial charge in [-0.05, 0) is 30.9 Å². The van der Waals surface area contributed by atoms with E-state index in [-0.39, 0.29) is 18.4 Å². The van der Waals surface area contributed by atoms with Crippen LogP contribution < -0.4 is 15.6 Å². The fraction of sp³-hybridized carbons (Fsp3) is 0.556. The van der Waals surface area contributed by atoms with Crippen LogP contribution in [0.2, 0.25) is 0 Å². The van der Waals surface area contributed by atoms with Crippen LogP contribution >= 0.6 is 0 Å². The lowest BCUT2D eigenvalue weighted by atomic mass is 9.86. The van der Waals surface area contributed by atoms with Crippen molar-refractivity contribution in [3.63, 3.8) is 0 Å². The molecule has 126 valence electrons. The van der Waals surface area contributed by atoms with Crippen molar-refractivity contribution in [2.45, 2.75) is 51.9 Å². The van der Waals surface area contributed by atoms with E-state index < -0.39 is 0 Å². The molecule has 23 heavy (non-hydrogen) atoms. The van der Waals surface area contributed by atoms with Gasteiger partial charge in [0, 0.05) is 6.42 Å². The second-order valence-corrected chi connectivity index (χ2v) is 6.19. The summed E-state index contributed by atoms with van der Waals surface area (Å²) in [7, 11) is 0. The summed E-state index contributed by atoms with van der Waals surface area (Å²) in [6, 6.07) is 7.49. The zero-order chi connectivity index (χ0) is 16.5. The summed E-state index contributed by atoms with van der Waals surface area (Å²) >= 11 is 0. The Balaban J connectivity index is 1.60. The summed E-state index contributed by atoms with van der Waals surface area (Å²) in [5.41, 5.74) is 5.82. The molecule has 5 heteroatoms. The first-order valence-electron chi connectivity index (χ1n) is 8.41. The highest BCUT2D eigenvalue weighted by atomic mass is 16.5. The van der Waals surface area contributed by atoms with Crippen LogP contribution in [-0.2, 0) is 9.59 Å². The van der Waals surface area contributed by atoms with E-state index in [1.807, 2.05) is 31.2 Å². The number of benzene rings is 1. The van der Waals surface area contributed by atoms with Gasteiger partial charge in [-0.2, -0.15) is 0 Å². The summed E-state index contributed by atoms with van der Waals surface area (Å²) in [5, 5.41) is 0. The van der Waals surface area contributed by atoms with Gasteiger partial charge in [0.25, 0.3) is 5.91 Å². The Hall–Kier alpha value is -2.04. The molecule has 1 aromatic carbocycles. The van der Waals surface area contributed by atoms with Gasteiger partial charge in [-0.15, -0.1) is 0 Å². The molecular formula is C18H26N2O3. The van der Waals surface area contributed by atoms with Crippen LogP contribution in [0.15, 0.2) is 24.3 Å². The average molecular weight is 318 g/mol. The SMILES string of the molecule is Cc1ccccc1OCC(=O)NNC(=O)CCC1CCCCC1. The molecule has 2 N–H and O–H groups in total. The minimum atomic E-state index is -0.362. The number of aryl methyl sites for hydroxylation is 1. The third kappa shape index (κ3) is 6.30. The Morgan fingerprint density at radius 3 is 2.52 bits per heavy atom. The van der Waals surface area contributed by atoms with Crippen LogP contribution in [0.3, 0.4) is 0 Å². The lowest BCUT2D eigenvalue weighted by Gasteiger charge is -2.21. The number of hydrogen-bond acceptors (Lipinski definition) is 3. The number of carbonyl (C=O) groups is 2. The van der Waals surface area contributed by atoms with E-state index >= 15 is 0 Å². The van der Waals surface area contributed by atoms with Crippen LogP contribution in [0.25, 0.3) is 0 Å². The van der Waals surface area contributed by atoms with Gasteiger partial charge in [-0.3, -0.25) is 20.4 Å². The molecule has 0 aliphatic heterocycles. The van der Waals surface area contributed by atoms with Gasteiger partial charge in [-0.25, -0.2) is 0 Å². The van der Waals surface area contributed by atoms with Crippen molar-refractivity contribution in [2.24, 2.45) is 5.92 Å². The fourth-order valence-corrected chi connectivity index (χ4v) is 2.91. The van der Waals surface area contributed by atoms with Crippen LogP contribution in [0.4, 0.5) is 0 Å². The maximum Gasteiger partial charge on any atom is 0.276 e. The zero-order valence-corrected chi connectivity index (χ0v) is 13.8. The quantitative estimate of drug-likeness (QED) is 0.793. The Bertz CT molecular complexity index is 525. The highest BCUT2D eigenvalue weighted by Gasteiger charge is 2.15. The molecule has 1 aromatic rings. The van der Waals surface area contributed by atoms with Gasteiger partial charge in [0.2, 0.25) is 5.91 Å². The second-order valence-electron chi connectivity index (χ2n) is 6.19. The third-order valence-electron chi connectivity index (χ3n) is 4.30. The van der Waals surface area contributed by atoms with Gasteiger partial charge in [0.15, 0.2) is 6.61 Å². The third-order valence-corrected chi connectivity index (χ3v) is 4.30. The standard InChI is InChI=1S/C18H26N2O3/c1-14-7-5-6-10-16(14)23-13-18(22)20-19-17(21)12-11-15-8-3-2-4-9-15/h5-7,10,15H,2-4,8-9,11-13H2,1H3,(H,19,21)(H,20,22). The van der Waals surface area contributed by atoms with Crippen molar-refractivity contribution in [3.8, 4) is 5.75 Å². The lowest BCUT2D eigenvalue weighted by molar-refractivity contribution is -0.130. The van der Waals surface area contributed by atoms with Gasteiger partial charge in [-0.1, -0.05) is 50.3 Å². The average Bonchev–Trinajstić information content (AvgIpc) is 2.58. The number of para-hydroxylation sites is 1. The van der Waals surface area contributed by atoms with Crippen molar-refractivity contribution in [1.29, 1.82) is 0 Å². The maximum absolute atomic E-state index is 11.8. The van der Waals surface area contributed by atoms with Crippen molar-refractivity contribution in [1.82, 2.24) is 10.9 Å². The first kappa shape index (κ1) is 17.3. The largest absolute Gasteiger partial charge is 0.483 e. The molecule has 0 aromatic heterocycles. The molecule has 0 bridgehead atoms. The van der Waals surface area contributed by atoms with E-state index in [9.17, 15) is 9.59 Å². The number of ether oxygens (including phenoxy) is 1. The Morgan fingerprint density at radius 2 is 1.78 bits per heavy atom. The molecule has 0 heterocycles. The van der Waals surface area contributed by atoms with Gasteiger partial charge < -0.3 is 4.74 Å². The van der Waals surface area contributed by atoms with Gasteiger partial charge >= 0.3 is 0 Å². The fourth-order valence-electron chi connectivity index (χ4n) is 2.91. The smallest absolute Gasteiger partial charge is 0.276 e. The van der Waals surface area contributed by atoms with E-state index in [2.05, 4.69) is 10.9 Å². The number of carbonyl (C=O) groups excluding carboxylic acids is 2. The molecular weight excluding hydrogens is 292 g/mol. The summed E-state index contributed by atoms with van der Waals surface area (Å²) in [6.07, 6.45) is 7.69. The van der Waals surface area contributed by atoms with Gasteiger partial charge in [0.05, 0.1) is 0 Å². The second kappa shape index (κ2) is 9.18. The highest BCUT2D eigenvalue weighted by molar-refractivity contribution is 5.82. The summed E-state index contributed by atoms with van der Waals surface area (Å²) in [5.74, 6) is 0.833. The molecule has 2 amide bonds. The Labute approximate surface area is 137 Å². The first-order chi connectivity index (χ1) is 11.1. The molecule has 0 atom stereocenters. The number of nitrogens with one attached hydrogen (secondary N) is 2. The summed E-state index contributed by atoms with van der Waals surface area (Å²) in [4.78, 5) is 23.4. The number of hydrogen-bond donors (Lipinski definition) is 2. The van der Waals surface area contributed by atoms with Crippen LogP contribution in [0.5, 0.6) is 5.75 Å². The molecule has 2 rings (SSSR count). The normalized spacial score (nSPS) is 15.0. The Morgan fingerprint density at radius 1 is 1.09 bits per heavy atom. The number of amides is 2. The topological polar surface area (TPSA) is 67.4 Å². The van der Waals surface area contributed by atoms with Crippen molar-refractivity contribution in [2.75, 3.05) is 6.61 Å². The van der Waals surface area contributed by atoms with E-state index in [0.29, 0.717) is 18.1 Å². The number of rotatable bonds is 6. The zero-order valence-electron chi connectivity index (χ0n) is 13.8. The van der Waals surface area contributed by atoms with Gasteiger partial charge in [0.1, 0.15) is 5.75 Å². The molecule has 0 spiro atoms. The summed E-state index contributed by atoms with van der Waals surface area (Å²) in [6.45, 7) is 1.80. The van der Waals surface area contributed by atoms with Crippen LogP contribution in [-0.4, -0.2) is 18.4 Å². The first-order valence-corrected chi connectivity index (χ1v) is 8.41. The Kier molecular flexibility index (Phi) is 6.91. The minimum absolute atomic E-state index is 0.117.